The summed E-state index contributed by atoms with van der Waals surface area (Å²) in [5.74, 6) is 2.11. The van der Waals surface area contributed by atoms with Crippen molar-refractivity contribution in [2.24, 2.45) is 11.3 Å². The van der Waals surface area contributed by atoms with Gasteiger partial charge in [-0.25, -0.2) is 0 Å². The third kappa shape index (κ3) is 8.64. The van der Waals surface area contributed by atoms with Gasteiger partial charge in [-0.3, -0.25) is 0 Å². The van der Waals surface area contributed by atoms with Gasteiger partial charge in [0.05, 0.1) is 0 Å². The third-order valence-electron chi connectivity index (χ3n) is 3.72. The van der Waals surface area contributed by atoms with Crippen molar-refractivity contribution in [3.8, 4) is 0 Å². The van der Waals surface area contributed by atoms with Crippen LogP contribution in [0, 0.1) is 11.3 Å². The van der Waals surface area contributed by atoms with Crippen molar-refractivity contribution in [3.05, 3.63) is 0 Å². The highest BCUT2D eigenvalue weighted by Crippen LogP contribution is 2.35. The summed E-state index contributed by atoms with van der Waals surface area (Å²) in [6.45, 7) is 6.79. The molecule has 0 atom stereocenters. The van der Waals surface area contributed by atoms with Crippen LogP contribution in [-0.4, -0.2) is 11.8 Å². The molecular weight excluding hydrogens is 263 g/mol. The number of halogens is 2. The maximum absolute atomic E-state index is 6.17. The van der Waals surface area contributed by atoms with Crippen LogP contribution in [0.3, 0.4) is 0 Å². The van der Waals surface area contributed by atoms with Crippen molar-refractivity contribution in [2.45, 2.75) is 78.6 Å². The molecule has 0 saturated heterocycles. The van der Waals surface area contributed by atoms with Crippen molar-refractivity contribution in [1.82, 2.24) is 0 Å². The zero-order chi connectivity index (χ0) is 13.9. The highest BCUT2D eigenvalue weighted by Gasteiger charge is 2.28. The zero-order valence-corrected chi connectivity index (χ0v) is 14.1. The molecule has 0 aliphatic heterocycles. The molecule has 0 nitrogen and oxygen atoms in total. The average molecular weight is 295 g/mol. The van der Waals surface area contributed by atoms with Gasteiger partial charge in [0.1, 0.15) is 0 Å². The van der Waals surface area contributed by atoms with E-state index in [-0.39, 0.29) is 5.41 Å². The Kier molecular flexibility index (Phi) is 11.8. The van der Waals surface area contributed by atoms with Crippen molar-refractivity contribution in [1.29, 1.82) is 0 Å². The normalized spacial score (nSPS) is 12.3. The number of alkyl halides is 2. The van der Waals surface area contributed by atoms with Crippen LogP contribution in [0.5, 0.6) is 0 Å². The lowest BCUT2D eigenvalue weighted by molar-refractivity contribution is 0.265. The summed E-state index contributed by atoms with van der Waals surface area (Å²) in [5, 5.41) is 0. The first kappa shape index (κ1) is 18.6. The van der Waals surface area contributed by atoms with E-state index >= 15 is 0 Å². The van der Waals surface area contributed by atoms with E-state index in [0.29, 0.717) is 17.7 Å². The second-order valence-electron chi connectivity index (χ2n) is 6.24. The standard InChI is InChI=1S/C16H32Cl2/c1-4-5-6-7-8-9-10-11-16(13-17,14-18)12-15(2)3/h15H,4-14H2,1-3H3. The summed E-state index contributed by atoms with van der Waals surface area (Å²) >= 11 is 12.3. The number of hydrogen-bond donors (Lipinski definition) is 0. The van der Waals surface area contributed by atoms with Crippen LogP contribution in [0.4, 0.5) is 0 Å². The van der Waals surface area contributed by atoms with E-state index < -0.39 is 0 Å². The molecule has 0 bridgehead atoms. The van der Waals surface area contributed by atoms with Gasteiger partial charge >= 0.3 is 0 Å². The molecule has 0 unspecified atom stereocenters. The fraction of sp³-hybridized carbons (Fsp3) is 1.00. The van der Waals surface area contributed by atoms with Gasteiger partial charge in [0.2, 0.25) is 0 Å². The summed E-state index contributed by atoms with van der Waals surface area (Å²) in [7, 11) is 0. The highest BCUT2D eigenvalue weighted by atomic mass is 35.5. The van der Waals surface area contributed by atoms with Gasteiger partial charge in [-0.05, 0) is 24.2 Å². The zero-order valence-electron chi connectivity index (χ0n) is 12.6. The van der Waals surface area contributed by atoms with Crippen LogP contribution in [0.25, 0.3) is 0 Å². The maximum atomic E-state index is 6.17. The van der Waals surface area contributed by atoms with Crippen LogP contribution in [0.1, 0.15) is 78.6 Å². The van der Waals surface area contributed by atoms with Crippen LogP contribution in [0.15, 0.2) is 0 Å². The molecule has 0 fully saturated rings. The molecule has 0 aromatic carbocycles. The topological polar surface area (TPSA) is 0 Å². The molecule has 0 aromatic rings. The maximum Gasteiger partial charge on any atom is 0.0291 e. The fourth-order valence-electron chi connectivity index (χ4n) is 2.70. The highest BCUT2D eigenvalue weighted by molar-refractivity contribution is 6.21. The number of rotatable bonds is 12. The molecule has 0 radical (unpaired) electrons. The molecule has 0 aliphatic carbocycles. The van der Waals surface area contributed by atoms with E-state index in [1.54, 1.807) is 0 Å². The van der Waals surface area contributed by atoms with Crippen LogP contribution >= 0.6 is 23.2 Å². The molecule has 18 heavy (non-hydrogen) atoms. The second-order valence-corrected chi connectivity index (χ2v) is 6.77. The van der Waals surface area contributed by atoms with E-state index in [0.717, 1.165) is 6.42 Å². The lowest BCUT2D eigenvalue weighted by Gasteiger charge is -2.31. The Morgan fingerprint density at radius 2 is 1.33 bits per heavy atom. The summed E-state index contributed by atoms with van der Waals surface area (Å²) in [6.07, 6.45) is 11.9. The monoisotopic (exact) mass is 294 g/mol. The molecule has 0 heterocycles. The summed E-state index contributed by atoms with van der Waals surface area (Å²) in [4.78, 5) is 0. The average Bonchev–Trinajstić information content (AvgIpc) is 2.36. The van der Waals surface area contributed by atoms with Crippen LogP contribution in [-0.2, 0) is 0 Å². The molecule has 0 rings (SSSR count). The molecule has 2 heteroatoms. The molecular formula is C16H32Cl2. The van der Waals surface area contributed by atoms with E-state index in [1.807, 2.05) is 0 Å². The number of unbranched alkanes of at least 4 members (excludes halogenated alkanes) is 6. The van der Waals surface area contributed by atoms with Gasteiger partial charge in [0.25, 0.3) is 0 Å². The first-order chi connectivity index (χ1) is 8.60. The van der Waals surface area contributed by atoms with Crippen molar-refractivity contribution >= 4 is 23.2 Å². The predicted molar refractivity (Wildman–Crippen MR) is 85.9 cm³/mol. The van der Waals surface area contributed by atoms with Gasteiger partial charge in [0, 0.05) is 11.8 Å². The lowest BCUT2D eigenvalue weighted by Crippen LogP contribution is -2.27. The quantitative estimate of drug-likeness (QED) is 0.280. The van der Waals surface area contributed by atoms with E-state index in [2.05, 4.69) is 20.8 Å². The van der Waals surface area contributed by atoms with Gasteiger partial charge in [0.15, 0.2) is 0 Å². The molecule has 0 N–H and O–H groups in total. The lowest BCUT2D eigenvalue weighted by atomic mass is 9.79. The van der Waals surface area contributed by atoms with Crippen molar-refractivity contribution in [3.63, 3.8) is 0 Å². The first-order valence-electron chi connectivity index (χ1n) is 7.72. The Labute approximate surface area is 125 Å². The predicted octanol–water partition coefficient (Wildman–Crippen LogP) is 6.64. The summed E-state index contributed by atoms with van der Waals surface area (Å²) in [6, 6.07) is 0. The van der Waals surface area contributed by atoms with Crippen molar-refractivity contribution in [2.75, 3.05) is 11.8 Å². The largest absolute Gasteiger partial charge is 0.126 e. The Bertz CT molecular complexity index is 174. The van der Waals surface area contributed by atoms with Gasteiger partial charge in [-0.1, -0.05) is 65.7 Å². The minimum absolute atomic E-state index is 0.181. The Hall–Kier alpha value is 0.580. The van der Waals surface area contributed by atoms with E-state index in [1.165, 1.54) is 51.4 Å². The minimum atomic E-state index is 0.181. The molecule has 0 saturated carbocycles. The Morgan fingerprint density at radius 3 is 1.78 bits per heavy atom. The Morgan fingerprint density at radius 1 is 0.833 bits per heavy atom. The van der Waals surface area contributed by atoms with Gasteiger partial charge in [-0.2, -0.15) is 0 Å². The smallest absolute Gasteiger partial charge is 0.0291 e. The van der Waals surface area contributed by atoms with Crippen LogP contribution in [0.2, 0.25) is 0 Å². The van der Waals surface area contributed by atoms with Crippen LogP contribution < -0.4 is 0 Å². The van der Waals surface area contributed by atoms with E-state index in [9.17, 15) is 0 Å². The van der Waals surface area contributed by atoms with Crippen molar-refractivity contribution < 1.29 is 0 Å². The first-order valence-corrected chi connectivity index (χ1v) is 8.79. The second kappa shape index (κ2) is 11.4. The minimum Gasteiger partial charge on any atom is -0.126 e. The summed E-state index contributed by atoms with van der Waals surface area (Å²) in [5.41, 5.74) is 0.181. The summed E-state index contributed by atoms with van der Waals surface area (Å²) < 4.78 is 0. The van der Waals surface area contributed by atoms with E-state index in [4.69, 9.17) is 23.2 Å². The molecule has 0 spiro atoms. The molecule has 0 amide bonds. The molecule has 110 valence electrons. The van der Waals surface area contributed by atoms with Gasteiger partial charge in [-0.15, -0.1) is 23.2 Å². The Balaban J connectivity index is 3.76. The fourth-order valence-corrected chi connectivity index (χ4v) is 3.47. The number of hydrogen-bond acceptors (Lipinski definition) is 0. The third-order valence-corrected chi connectivity index (χ3v) is 4.85. The SMILES string of the molecule is CCCCCCCCCC(CCl)(CCl)CC(C)C. The molecule has 0 aliphatic rings. The van der Waals surface area contributed by atoms with Gasteiger partial charge < -0.3 is 0 Å². The molecule has 0 aromatic heterocycles.